The lowest BCUT2D eigenvalue weighted by molar-refractivity contribution is 0.460. The third kappa shape index (κ3) is 2.93. The molecule has 1 heterocycles. The van der Waals surface area contributed by atoms with Crippen molar-refractivity contribution in [2.24, 2.45) is 0 Å². The lowest BCUT2D eigenvalue weighted by Crippen LogP contribution is -1.94. The molecule has 0 atom stereocenters. The van der Waals surface area contributed by atoms with Gasteiger partial charge in [-0.25, -0.2) is 9.97 Å². The average Bonchev–Trinajstić information content (AvgIpc) is 2.33. The molecular weight excluding hydrogens is 214 g/mol. The molecule has 0 unspecified atom stereocenters. The maximum atomic E-state index is 5.54. The van der Waals surface area contributed by atoms with Crippen molar-refractivity contribution in [1.29, 1.82) is 0 Å². The molecule has 0 aliphatic carbocycles. The highest BCUT2D eigenvalue weighted by molar-refractivity contribution is 5.32. The van der Waals surface area contributed by atoms with Gasteiger partial charge >= 0.3 is 0 Å². The third-order valence-electron chi connectivity index (χ3n) is 2.42. The van der Waals surface area contributed by atoms with E-state index in [4.69, 9.17) is 10.5 Å². The highest BCUT2D eigenvalue weighted by Gasteiger charge is 2.01. The lowest BCUT2D eigenvalue weighted by atomic mass is 10.0. The number of hydrogen-bond acceptors (Lipinski definition) is 4. The monoisotopic (exact) mass is 229 g/mol. The number of ether oxygens (including phenoxy) is 1. The standard InChI is InChI=1S/C13H15N3O/c1-9(2)10-3-5-11(6-4-10)17-13-8-15-12(14)7-16-13/h3-9H,1-2H3,(H2,14,15). The largest absolute Gasteiger partial charge is 0.438 e. The van der Waals surface area contributed by atoms with Crippen LogP contribution in [0.1, 0.15) is 25.3 Å². The Hall–Kier alpha value is -2.10. The second-order valence-electron chi connectivity index (χ2n) is 4.11. The molecule has 17 heavy (non-hydrogen) atoms. The van der Waals surface area contributed by atoms with E-state index in [1.165, 1.54) is 18.0 Å². The fourth-order valence-corrected chi connectivity index (χ4v) is 1.42. The zero-order chi connectivity index (χ0) is 12.3. The van der Waals surface area contributed by atoms with E-state index in [-0.39, 0.29) is 0 Å². The summed E-state index contributed by atoms with van der Waals surface area (Å²) in [6.07, 6.45) is 2.98. The molecule has 0 aliphatic rings. The first kappa shape index (κ1) is 11.4. The van der Waals surface area contributed by atoms with Crippen LogP contribution in [0.3, 0.4) is 0 Å². The van der Waals surface area contributed by atoms with Crippen molar-refractivity contribution in [3.63, 3.8) is 0 Å². The predicted octanol–water partition coefficient (Wildman–Crippen LogP) is 2.97. The molecule has 4 heteroatoms. The van der Waals surface area contributed by atoms with E-state index in [1.54, 1.807) is 0 Å². The summed E-state index contributed by atoms with van der Waals surface area (Å²) >= 11 is 0. The van der Waals surface area contributed by atoms with Gasteiger partial charge in [-0.05, 0) is 23.6 Å². The van der Waals surface area contributed by atoms with Crippen LogP contribution in [-0.4, -0.2) is 9.97 Å². The Morgan fingerprint density at radius 2 is 1.76 bits per heavy atom. The topological polar surface area (TPSA) is 61.0 Å². The van der Waals surface area contributed by atoms with Gasteiger partial charge in [0.25, 0.3) is 0 Å². The molecule has 0 saturated carbocycles. The van der Waals surface area contributed by atoms with Crippen LogP contribution in [0, 0.1) is 0 Å². The second kappa shape index (κ2) is 4.82. The number of nitrogen functional groups attached to an aromatic ring is 1. The van der Waals surface area contributed by atoms with Crippen LogP contribution in [0.15, 0.2) is 36.7 Å². The molecular formula is C13H15N3O. The Morgan fingerprint density at radius 1 is 1.06 bits per heavy atom. The Balaban J connectivity index is 2.11. The maximum absolute atomic E-state index is 5.54. The van der Waals surface area contributed by atoms with Crippen molar-refractivity contribution in [3.8, 4) is 11.6 Å². The molecule has 1 aromatic heterocycles. The van der Waals surface area contributed by atoms with Crippen molar-refractivity contribution in [2.45, 2.75) is 19.8 Å². The Morgan fingerprint density at radius 3 is 2.29 bits per heavy atom. The van der Waals surface area contributed by atoms with Gasteiger partial charge in [0.05, 0.1) is 12.4 Å². The maximum Gasteiger partial charge on any atom is 0.237 e. The molecule has 0 saturated heterocycles. The highest BCUT2D eigenvalue weighted by atomic mass is 16.5. The fourth-order valence-electron chi connectivity index (χ4n) is 1.42. The summed E-state index contributed by atoms with van der Waals surface area (Å²) in [5.41, 5.74) is 6.72. The van der Waals surface area contributed by atoms with Crippen molar-refractivity contribution < 1.29 is 4.74 Å². The number of benzene rings is 1. The molecule has 0 radical (unpaired) electrons. The van der Waals surface area contributed by atoms with Crippen LogP contribution < -0.4 is 10.5 Å². The SMILES string of the molecule is CC(C)c1ccc(Oc2cnc(N)cn2)cc1. The minimum atomic E-state index is 0.382. The zero-order valence-corrected chi connectivity index (χ0v) is 9.92. The summed E-state index contributed by atoms with van der Waals surface area (Å²) in [7, 11) is 0. The lowest BCUT2D eigenvalue weighted by Gasteiger charge is -2.07. The van der Waals surface area contributed by atoms with Crippen molar-refractivity contribution >= 4 is 5.82 Å². The Bertz CT molecular complexity index is 477. The first-order valence-electron chi connectivity index (χ1n) is 5.50. The first-order valence-corrected chi connectivity index (χ1v) is 5.50. The highest BCUT2D eigenvalue weighted by Crippen LogP contribution is 2.22. The molecule has 2 rings (SSSR count). The summed E-state index contributed by atoms with van der Waals surface area (Å²) in [5, 5.41) is 0. The Kier molecular flexibility index (Phi) is 3.23. The molecule has 0 aliphatic heterocycles. The van der Waals surface area contributed by atoms with E-state index in [2.05, 4.69) is 23.8 Å². The van der Waals surface area contributed by atoms with Crippen LogP contribution in [0.4, 0.5) is 5.82 Å². The van der Waals surface area contributed by atoms with Crippen molar-refractivity contribution in [1.82, 2.24) is 9.97 Å². The number of hydrogen-bond donors (Lipinski definition) is 1. The summed E-state index contributed by atoms with van der Waals surface area (Å²) in [4.78, 5) is 7.93. The summed E-state index contributed by atoms with van der Waals surface area (Å²) in [5.74, 6) is 2.08. The molecule has 1 aromatic carbocycles. The number of nitrogens with two attached hydrogens (primary N) is 1. The summed E-state index contributed by atoms with van der Waals surface area (Å²) in [6, 6.07) is 7.94. The van der Waals surface area contributed by atoms with Crippen LogP contribution in [0.25, 0.3) is 0 Å². The third-order valence-corrected chi connectivity index (χ3v) is 2.42. The van der Waals surface area contributed by atoms with Gasteiger partial charge < -0.3 is 10.5 Å². The van der Waals surface area contributed by atoms with Crippen molar-refractivity contribution in [3.05, 3.63) is 42.2 Å². The van der Waals surface area contributed by atoms with Gasteiger partial charge in [0.15, 0.2) is 0 Å². The normalized spacial score (nSPS) is 10.5. The first-order chi connectivity index (χ1) is 8.15. The van der Waals surface area contributed by atoms with Crippen LogP contribution in [-0.2, 0) is 0 Å². The molecule has 0 fully saturated rings. The van der Waals surface area contributed by atoms with Gasteiger partial charge in [0.1, 0.15) is 11.6 Å². The van der Waals surface area contributed by atoms with Gasteiger partial charge in [-0.15, -0.1) is 0 Å². The quantitative estimate of drug-likeness (QED) is 0.878. The van der Waals surface area contributed by atoms with Gasteiger partial charge in [-0.1, -0.05) is 26.0 Å². The smallest absolute Gasteiger partial charge is 0.237 e. The van der Waals surface area contributed by atoms with E-state index in [1.807, 2.05) is 24.3 Å². The van der Waals surface area contributed by atoms with Gasteiger partial charge in [-0.2, -0.15) is 0 Å². The second-order valence-corrected chi connectivity index (χ2v) is 4.11. The minimum Gasteiger partial charge on any atom is -0.438 e. The number of anilines is 1. The molecule has 0 spiro atoms. The van der Waals surface area contributed by atoms with E-state index in [9.17, 15) is 0 Å². The Labute approximate surface area is 100 Å². The van der Waals surface area contributed by atoms with Crippen LogP contribution in [0.2, 0.25) is 0 Å². The minimum absolute atomic E-state index is 0.382. The van der Waals surface area contributed by atoms with Gasteiger partial charge in [0, 0.05) is 0 Å². The molecule has 0 amide bonds. The van der Waals surface area contributed by atoms with Gasteiger partial charge in [-0.3, -0.25) is 0 Å². The van der Waals surface area contributed by atoms with Crippen LogP contribution in [0.5, 0.6) is 11.6 Å². The van der Waals surface area contributed by atoms with E-state index in [0.29, 0.717) is 17.6 Å². The van der Waals surface area contributed by atoms with Gasteiger partial charge in [0.2, 0.25) is 5.88 Å². The summed E-state index contributed by atoms with van der Waals surface area (Å²) in [6.45, 7) is 4.31. The van der Waals surface area contributed by atoms with E-state index < -0.39 is 0 Å². The van der Waals surface area contributed by atoms with E-state index >= 15 is 0 Å². The molecule has 4 nitrogen and oxygen atoms in total. The molecule has 2 N–H and O–H groups in total. The average molecular weight is 229 g/mol. The predicted molar refractivity (Wildman–Crippen MR) is 67.0 cm³/mol. The molecule has 2 aromatic rings. The van der Waals surface area contributed by atoms with Crippen molar-refractivity contribution in [2.75, 3.05) is 5.73 Å². The number of nitrogens with zero attached hydrogens (tertiary/aromatic N) is 2. The van der Waals surface area contributed by atoms with Crippen LogP contribution >= 0.6 is 0 Å². The number of aromatic nitrogens is 2. The molecule has 88 valence electrons. The van der Waals surface area contributed by atoms with E-state index in [0.717, 1.165) is 5.75 Å². The summed E-state index contributed by atoms with van der Waals surface area (Å²) < 4.78 is 5.54. The number of rotatable bonds is 3. The molecule has 0 bridgehead atoms. The fraction of sp³-hybridized carbons (Fsp3) is 0.231. The zero-order valence-electron chi connectivity index (χ0n) is 9.92.